The molecular weight excluding hydrogens is 637 g/mol. The molecule has 0 aliphatic carbocycles. The lowest BCUT2D eigenvalue weighted by atomic mass is 9.86. The Hall–Kier alpha value is -6.77. The summed E-state index contributed by atoms with van der Waals surface area (Å²) in [5.74, 6) is 0.959. The van der Waals surface area contributed by atoms with Gasteiger partial charge in [-0.3, -0.25) is 9.56 Å². The van der Waals surface area contributed by atoms with Crippen molar-refractivity contribution in [2.45, 2.75) is 26.2 Å². The maximum atomic E-state index is 10.8. The summed E-state index contributed by atoms with van der Waals surface area (Å²) in [6, 6.07) is 53.2. The van der Waals surface area contributed by atoms with Crippen LogP contribution in [0.3, 0.4) is 0 Å². The second kappa shape index (κ2) is 13.2. The zero-order chi connectivity index (χ0) is 35.8. The number of rotatable bonds is 6. The maximum absolute atomic E-state index is 10.8. The van der Waals surface area contributed by atoms with E-state index in [4.69, 9.17) is 9.98 Å². The van der Waals surface area contributed by atoms with Crippen molar-refractivity contribution in [1.29, 1.82) is 5.26 Å². The second-order valence-corrected chi connectivity index (χ2v) is 14.0. The predicted molar refractivity (Wildman–Crippen MR) is 214 cm³/mol. The van der Waals surface area contributed by atoms with Crippen LogP contribution in [0.4, 0.5) is 5.69 Å². The average molecular weight is 673 g/mol. The number of imidazole rings is 1. The number of benzene rings is 7. The van der Waals surface area contributed by atoms with Crippen molar-refractivity contribution in [3.8, 4) is 51.1 Å². The molecule has 0 spiro atoms. The summed E-state index contributed by atoms with van der Waals surface area (Å²) in [4.78, 5) is 10.4. The molecule has 8 rings (SSSR count). The van der Waals surface area contributed by atoms with E-state index in [1.807, 2.05) is 72.8 Å². The monoisotopic (exact) mass is 672 g/mol. The lowest BCUT2D eigenvalue weighted by Crippen LogP contribution is -2.11. The van der Waals surface area contributed by atoms with E-state index < -0.39 is 0 Å². The molecule has 0 saturated carbocycles. The quantitative estimate of drug-likeness (QED) is 0.179. The van der Waals surface area contributed by atoms with E-state index in [1.165, 1.54) is 0 Å². The minimum absolute atomic E-state index is 0.0677. The van der Waals surface area contributed by atoms with Gasteiger partial charge >= 0.3 is 0 Å². The topological polar surface area (TPSA) is 74.2 Å². The molecule has 8 aromatic rings. The fourth-order valence-electron chi connectivity index (χ4n) is 6.88. The van der Waals surface area contributed by atoms with Gasteiger partial charge < -0.3 is 5.11 Å². The Labute approximate surface area is 303 Å². The van der Waals surface area contributed by atoms with E-state index in [2.05, 4.69) is 104 Å². The fraction of sp³-hybridized carbons (Fsp3) is 0.0851. The van der Waals surface area contributed by atoms with E-state index in [0.717, 1.165) is 72.4 Å². The summed E-state index contributed by atoms with van der Waals surface area (Å²) in [6.45, 7) is 6.47. The van der Waals surface area contributed by atoms with Crippen LogP contribution in [-0.4, -0.2) is 20.9 Å². The van der Waals surface area contributed by atoms with Gasteiger partial charge in [-0.1, -0.05) is 118 Å². The molecule has 5 heteroatoms. The third kappa shape index (κ3) is 5.91. The number of aromatic nitrogens is 2. The van der Waals surface area contributed by atoms with Crippen LogP contribution in [0.15, 0.2) is 157 Å². The normalized spacial score (nSPS) is 11.7. The van der Waals surface area contributed by atoms with Gasteiger partial charge in [0.2, 0.25) is 0 Å². The number of aliphatic imine (C=N–C) groups is 1. The molecule has 5 nitrogen and oxygen atoms in total. The van der Waals surface area contributed by atoms with Crippen LogP contribution >= 0.6 is 0 Å². The summed E-state index contributed by atoms with van der Waals surface area (Å²) in [5, 5.41) is 22.3. The smallest absolute Gasteiger partial charge is 0.147 e. The Morgan fingerprint density at radius 2 is 1.35 bits per heavy atom. The molecule has 0 aliphatic rings. The molecule has 0 unspecified atom stereocenters. The molecule has 52 heavy (non-hydrogen) atoms. The van der Waals surface area contributed by atoms with Crippen molar-refractivity contribution in [2.24, 2.45) is 4.99 Å². The molecular formula is C47H36N4O. The zero-order valence-electron chi connectivity index (χ0n) is 29.2. The molecule has 0 aliphatic heterocycles. The number of phenols is 1. The van der Waals surface area contributed by atoms with Crippen molar-refractivity contribution in [3.63, 3.8) is 0 Å². The van der Waals surface area contributed by atoms with E-state index in [-0.39, 0.29) is 11.2 Å². The van der Waals surface area contributed by atoms with E-state index in [0.29, 0.717) is 11.1 Å². The SMILES string of the molecule is CC(C)(C)c1ccc(O)c(C=Nc2ccccc2-c2nc3c(-c4ccc(-c5ccc(C#N)cc5)c5ccccc45)cccc3n2-c2ccccc2)c1. The number of nitriles is 1. The first-order valence-electron chi connectivity index (χ1n) is 17.4. The van der Waals surface area contributed by atoms with Gasteiger partial charge in [-0.2, -0.15) is 5.26 Å². The summed E-state index contributed by atoms with van der Waals surface area (Å²) in [7, 11) is 0. The molecule has 0 radical (unpaired) electrons. The molecule has 0 amide bonds. The Kier molecular flexibility index (Phi) is 8.21. The van der Waals surface area contributed by atoms with Crippen LogP contribution in [0.5, 0.6) is 5.75 Å². The van der Waals surface area contributed by atoms with Crippen molar-refractivity contribution >= 4 is 33.7 Å². The highest BCUT2D eigenvalue weighted by atomic mass is 16.3. The molecule has 250 valence electrons. The number of aromatic hydroxyl groups is 1. The Morgan fingerprint density at radius 3 is 2.10 bits per heavy atom. The first kappa shape index (κ1) is 32.4. The standard InChI is InChI=1S/C47H36N4O/c1-47(2,3)34-24-27-44(52)33(28-34)30-49-42-18-10-9-16-41(42)46-50-45-40(17-11-19-43(45)51(46)35-12-5-4-6-13-35)39-26-25-36(37-14-7-8-15-38(37)39)32-22-20-31(29-48)21-23-32/h4-28,30,52H,1-3H3. The van der Waals surface area contributed by atoms with E-state index >= 15 is 0 Å². The van der Waals surface area contributed by atoms with Gasteiger partial charge in [0.1, 0.15) is 11.6 Å². The summed E-state index contributed by atoms with van der Waals surface area (Å²) in [5.41, 5.74) is 11.1. The van der Waals surface area contributed by atoms with Gasteiger partial charge in [-0.15, -0.1) is 0 Å². The molecule has 1 aromatic heterocycles. The predicted octanol–water partition coefficient (Wildman–Crippen LogP) is 11.8. The van der Waals surface area contributed by atoms with E-state index in [1.54, 1.807) is 12.3 Å². The van der Waals surface area contributed by atoms with Crippen molar-refractivity contribution < 1.29 is 5.11 Å². The average Bonchev–Trinajstić information content (AvgIpc) is 3.57. The Balaban J connectivity index is 1.32. The Morgan fingerprint density at radius 1 is 0.673 bits per heavy atom. The number of nitrogens with zero attached hydrogens (tertiary/aromatic N) is 4. The zero-order valence-corrected chi connectivity index (χ0v) is 29.2. The van der Waals surface area contributed by atoms with Crippen molar-refractivity contribution in [3.05, 3.63) is 168 Å². The summed E-state index contributed by atoms with van der Waals surface area (Å²) in [6.07, 6.45) is 1.74. The molecule has 0 fully saturated rings. The molecule has 7 aromatic carbocycles. The van der Waals surface area contributed by atoms with Crippen LogP contribution in [0.1, 0.15) is 37.5 Å². The lowest BCUT2D eigenvalue weighted by molar-refractivity contribution is 0.473. The fourth-order valence-corrected chi connectivity index (χ4v) is 6.88. The van der Waals surface area contributed by atoms with Crippen LogP contribution in [0.25, 0.3) is 61.1 Å². The first-order valence-corrected chi connectivity index (χ1v) is 17.4. The highest BCUT2D eigenvalue weighted by Gasteiger charge is 2.21. The maximum Gasteiger partial charge on any atom is 0.147 e. The highest BCUT2D eigenvalue weighted by Crippen LogP contribution is 2.41. The van der Waals surface area contributed by atoms with Gasteiger partial charge in [0.15, 0.2) is 0 Å². The number of hydrogen-bond acceptors (Lipinski definition) is 4. The summed E-state index contributed by atoms with van der Waals surface area (Å²) >= 11 is 0. The van der Waals surface area contributed by atoms with Crippen LogP contribution < -0.4 is 0 Å². The number of fused-ring (bicyclic) bond motifs is 2. The molecule has 0 bridgehead atoms. The number of hydrogen-bond donors (Lipinski definition) is 1. The molecule has 0 atom stereocenters. The molecule has 1 N–H and O–H groups in total. The first-order chi connectivity index (χ1) is 25.3. The third-order valence-electron chi connectivity index (χ3n) is 9.62. The van der Waals surface area contributed by atoms with Gasteiger partial charge in [-0.25, -0.2) is 4.98 Å². The van der Waals surface area contributed by atoms with Gasteiger partial charge in [0, 0.05) is 28.6 Å². The lowest BCUT2D eigenvalue weighted by Gasteiger charge is -2.19. The second-order valence-electron chi connectivity index (χ2n) is 14.0. The van der Waals surface area contributed by atoms with Crippen LogP contribution in [0, 0.1) is 11.3 Å². The number of phenolic OH excluding ortho intramolecular Hbond substituents is 1. The van der Waals surface area contributed by atoms with Crippen LogP contribution in [-0.2, 0) is 5.41 Å². The van der Waals surface area contributed by atoms with Crippen LogP contribution in [0.2, 0.25) is 0 Å². The van der Waals surface area contributed by atoms with E-state index in [9.17, 15) is 10.4 Å². The Bertz CT molecular complexity index is 2670. The minimum atomic E-state index is -0.0677. The van der Waals surface area contributed by atoms with Gasteiger partial charge in [0.25, 0.3) is 0 Å². The van der Waals surface area contributed by atoms with Crippen molar-refractivity contribution in [2.75, 3.05) is 0 Å². The number of para-hydroxylation sites is 3. The van der Waals surface area contributed by atoms with Gasteiger partial charge in [0.05, 0.1) is 28.4 Å². The van der Waals surface area contributed by atoms with Gasteiger partial charge in [-0.05, 0) is 93.0 Å². The molecule has 1 heterocycles. The largest absolute Gasteiger partial charge is 0.507 e. The molecule has 0 saturated heterocycles. The highest BCUT2D eigenvalue weighted by molar-refractivity contribution is 6.09. The minimum Gasteiger partial charge on any atom is -0.507 e. The summed E-state index contributed by atoms with van der Waals surface area (Å²) < 4.78 is 2.21. The van der Waals surface area contributed by atoms with Crippen molar-refractivity contribution in [1.82, 2.24) is 9.55 Å². The third-order valence-corrected chi connectivity index (χ3v) is 9.62.